The lowest BCUT2D eigenvalue weighted by atomic mass is 9.71. The van der Waals surface area contributed by atoms with Crippen LogP contribution in [-0.4, -0.2) is 32.3 Å². The Kier molecular flexibility index (Phi) is 7.91. The van der Waals surface area contributed by atoms with Crippen molar-refractivity contribution in [1.82, 2.24) is 4.98 Å². The van der Waals surface area contributed by atoms with Gasteiger partial charge in [0, 0.05) is 24.1 Å². The fourth-order valence-electron chi connectivity index (χ4n) is 5.89. The van der Waals surface area contributed by atoms with Gasteiger partial charge in [0.2, 0.25) is 11.8 Å². The third-order valence-corrected chi connectivity index (χ3v) is 7.87. The number of nitrogens with one attached hydrogen (secondary N) is 2. The number of hydrogen-bond donors (Lipinski definition) is 2. The van der Waals surface area contributed by atoms with Gasteiger partial charge in [-0.05, 0) is 42.5 Å². The molecule has 3 aromatic rings. The molecule has 1 aliphatic heterocycles. The number of ether oxygens (including phenoxy) is 3. The average Bonchev–Trinajstić information content (AvgIpc) is 3.36. The number of carbonyl (C=O) groups is 1. The molecule has 2 aromatic carbocycles. The van der Waals surface area contributed by atoms with Crippen molar-refractivity contribution in [2.75, 3.05) is 32.0 Å². The summed E-state index contributed by atoms with van der Waals surface area (Å²) in [6.45, 7) is 0. The lowest BCUT2D eigenvalue weighted by molar-refractivity contribution is 0.0600. The third kappa shape index (κ3) is 5.20. The number of aromatic nitrogens is 1. The predicted molar refractivity (Wildman–Crippen MR) is 150 cm³/mol. The van der Waals surface area contributed by atoms with Crippen molar-refractivity contribution in [3.05, 3.63) is 82.9 Å². The first kappa shape index (κ1) is 27.4. The first-order chi connectivity index (χ1) is 19.4. The van der Waals surface area contributed by atoms with Crippen molar-refractivity contribution in [2.24, 2.45) is 11.8 Å². The fraction of sp³-hybridized carbons (Fsp3) is 0.355. The molecule has 7 nitrogen and oxygen atoms in total. The summed E-state index contributed by atoms with van der Waals surface area (Å²) in [7, 11) is 4.42. The van der Waals surface area contributed by atoms with Gasteiger partial charge >= 0.3 is 5.97 Å². The Labute approximate surface area is 232 Å². The Bertz CT molecular complexity index is 1370. The van der Waals surface area contributed by atoms with Crippen molar-refractivity contribution < 1.29 is 27.8 Å². The van der Waals surface area contributed by atoms with Crippen LogP contribution < -0.4 is 20.1 Å². The number of halogens is 2. The summed E-state index contributed by atoms with van der Waals surface area (Å²) in [6, 6.07) is 13.1. The van der Waals surface area contributed by atoms with Crippen LogP contribution in [0.1, 0.15) is 53.6 Å². The molecule has 1 saturated carbocycles. The molecule has 0 spiro atoms. The summed E-state index contributed by atoms with van der Waals surface area (Å²) in [6.07, 6.45) is 9.48. The van der Waals surface area contributed by atoms with Crippen LogP contribution in [0, 0.1) is 23.5 Å². The predicted octanol–water partition coefficient (Wildman–Crippen LogP) is 6.76. The van der Waals surface area contributed by atoms with Crippen LogP contribution >= 0.6 is 0 Å². The molecule has 1 unspecified atom stereocenters. The Balaban J connectivity index is 1.64. The van der Waals surface area contributed by atoms with E-state index < -0.39 is 23.3 Å². The molecule has 0 amide bonds. The van der Waals surface area contributed by atoms with E-state index in [1.165, 1.54) is 39.9 Å². The largest absolute Gasteiger partial charge is 0.481 e. The summed E-state index contributed by atoms with van der Waals surface area (Å²) < 4.78 is 44.6. The molecule has 1 atom stereocenters. The van der Waals surface area contributed by atoms with Gasteiger partial charge in [0.05, 0.1) is 43.8 Å². The number of carbonyl (C=O) groups excluding carboxylic acids is 1. The van der Waals surface area contributed by atoms with Crippen molar-refractivity contribution in [3.8, 4) is 11.8 Å². The molecule has 210 valence electrons. The maximum absolute atomic E-state index is 14.4. The second-order valence-corrected chi connectivity index (χ2v) is 10.2. The summed E-state index contributed by atoms with van der Waals surface area (Å²) >= 11 is 0. The monoisotopic (exact) mass is 549 g/mol. The molecule has 1 aromatic heterocycles. The summed E-state index contributed by atoms with van der Waals surface area (Å²) in [5, 5.41) is 7.04. The number of anilines is 2. The highest BCUT2D eigenvalue weighted by Crippen LogP contribution is 2.51. The summed E-state index contributed by atoms with van der Waals surface area (Å²) in [4.78, 5) is 16.4. The van der Waals surface area contributed by atoms with Crippen LogP contribution in [0.3, 0.4) is 0 Å². The smallest absolute Gasteiger partial charge is 0.337 e. The Morgan fingerprint density at radius 2 is 1.60 bits per heavy atom. The summed E-state index contributed by atoms with van der Waals surface area (Å²) in [5.74, 6) is -1.47. The quantitative estimate of drug-likeness (QED) is 0.300. The van der Waals surface area contributed by atoms with Crippen LogP contribution in [0.4, 0.5) is 20.2 Å². The molecule has 0 radical (unpaired) electrons. The number of esters is 1. The maximum Gasteiger partial charge on any atom is 0.337 e. The number of benzene rings is 2. The van der Waals surface area contributed by atoms with E-state index >= 15 is 0 Å². The lowest BCUT2D eigenvalue weighted by Gasteiger charge is -2.43. The molecule has 9 heteroatoms. The molecular formula is C31H33F2N3O4. The summed E-state index contributed by atoms with van der Waals surface area (Å²) in [5.41, 5.74) is 1.93. The van der Waals surface area contributed by atoms with Crippen molar-refractivity contribution >= 4 is 23.4 Å². The van der Waals surface area contributed by atoms with Crippen molar-refractivity contribution in [1.29, 1.82) is 0 Å². The average molecular weight is 550 g/mol. The zero-order valence-corrected chi connectivity index (χ0v) is 22.8. The van der Waals surface area contributed by atoms with Crippen LogP contribution in [0.15, 0.2) is 54.6 Å². The van der Waals surface area contributed by atoms with E-state index in [-0.39, 0.29) is 11.8 Å². The van der Waals surface area contributed by atoms with Crippen LogP contribution in [0.5, 0.6) is 11.8 Å². The Morgan fingerprint density at radius 3 is 2.17 bits per heavy atom. The maximum atomic E-state index is 14.4. The van der Waals surface area contributed by atoms with E-state index in [1.54, 1.807) is 18.2 Å². The van der Waals surface area contributed by atoms with Gasteiger partial charge in [-0.25, -0.2) is 13.6 Å². The van der Waals surface area contributed by atoms with E-state index in [9.17, 15) is 13.6 Å². The van der Waals surface area contributed by atoms with Crippen LogP contribution in [0.25, 0.3) is 6.08 Å². The highest BCUT2D eigenvalue weighted by molar-refractivity contribution is 5.89. The number of hydrogen-bond acceptors (Lipinski definition) is 7. The lowest BCUT2D eigenvalue weighted by Crippen LogP contribution is -2.49. The van der Waals surface area contributed by atoms with Gasteiger partial charge in [0.15, 0.2) is 11.6 Å². The van der Waals surface area contributed by atoms with Crippen LogP contribution in [-0.2, 0) is 10.4 Å². The molecule has 2 heterocycles. The second-order valence-electron chi connectivity index (χ2n) is 10.2. The first-order valence-electron chi connectivity index (χ1n) is 13.4. The highest BCUT2D eigenvalue weighted by atomic mass is 19.2. The Morgan fingerprint density at radius 1 is 0.950 bits per heavy atom. The molecule has 2 aliphatic rings. The minimum Gasteiger partial charge on any atom is -0.481 e. The van der Waals surface area contributed by atoms with E-state index in [0.717, 1.165) is 31.2 Å². The molecule has 0 saturated heterocycles. The van der Waals surface area contributed by atoms with E-state index in [4.69, 9.17) is 14.2 Å². The van der Waals surface area contributed by atoms with Gasteiger partial charge < -0.3 is 24.8 Å². The van der Waals surface area contributed by atoms with E-state index in [2.05, 4.69) is 21.7 Å². The minimum atomic E-state index is -1.03. The molecular weight excluding hydrogens is 516 g/mol. The number of rotatable bonds is 8. The van der Waals surface area contributed by atoms with Gasteiger partial charge in [-0.15, -0.1) is 0 Å². The van der Waals surface area contributed by atoms with Crippen molar-refractivity contribution in [3.63, 3.8) is 0 Å². The molecule has 0 bridgehead atoms. The van der Waals surface area contributed by atoms with E-state index in [0.29, 0.717) is 34.3 Å². The molecule has 2 N–H and O–H groups in total. The number of methoxy groups -OCH3 is 3. The standard InChI is InChI=1S/C31H33F2N3O4/c1-38-28-16-15-23(29(34-28)39-2)31(35-26-17-24(32)25(33)18-27(26)36-31)22(20-7-5-4-6-8-20)14-11-19-9-12-21(13-10-19)30(37)40-3/h9-18,20,22,35-36H,4-8H2,1-3H3. The van der Waals surface area contributed by atoms with Gasteiger partial charge in [-0.3, -0.25) is 0 Å². The van der Waals surface area contributed by atoms with Crippen LogP contribution in [0.2, 0.25) is 0 Å². The number of nitrogens with zero attached hydrogens (tertiary/aromatic N) is 1. The highest BCUT2D eigenvalue weighted by Gasteiger charge is 2.49. The minimum absolute atomic E-state index is 0.185. The third-order valence-electron chi connectivity index (χ3n) is 7.87. The van der Waals surface area contributed by atoms with Crippen molar-refractivity contribution in [2.45, 2.75) is 37.8 Å². The topological polar surface area (TPSA) is 81.7 Å². The molecule has 40 heavy (non-hydrogen) atoms. The molecule has 1 fully saturated rings. The zero-order valence-electron chi connectivity index (χ0n) is 22.8. The molecule has 5 rings (SSSR count). The Hall–Kier alpha value is -4.14. The van der Waals surface area contributed by atoms with E-state index in [1.807, 2.05) is 24.3 Å². The second kappa shape index (κ2) is 11.5. The van der Waals surface area contributed by atoms with Gasteiger partial charge in [-0.1, -0.05) is 43.5 Å². The molecule has 1 aliphatic carbocycles. The number of fused-ring (bicyclic) bond motifs is 1. The SMILES string of the molecule is COC(=O)c1ccc(C=CC(C2CCCCC2)C2(c3ccc(OC)nc3OC)Nc3cc(F)c(F)cc3N2)cc1. The van der Waals surface area contributed by atoms with Gasteiger partial charge in [0.25, 0.3) is 0 Å². The first-order valence-corrected chi connectivity index (χ1v) is 13.4. The van der Waals surface area contributed by atoms with Gasteiger partial charge in [-0.2, -0.15) is 4.98 Å². The number of pyridine rings is 1. The van der Waals surface area contributed by atoms with Gasteiger partial charge in [0.1, 0.15) is 5.66 Å². The normalized spacial score (nSPS) is 17.0. The zero-order chi connectivity index (χ0) is 28.3. The fourth-order valence-corrected chi connectivity index (χ4v) is 5.89.